The number of benzene rings is 2. The largest absolute Gasteiger partial charge is 0.467 e. The molecule has 0 bridgehead atoms. The number of carbonyl (C=O) groups is 1. The van der Waals surface area contributed by atoms with Gasteiger partial charge < -0.3 is 18.9 Å². The van der Waals surface area contributed by atoms with Crippen LogP contribution in [-0.4, -0.2) is 5.97 Å². The van der Waals surface area contributed by atoms with Gasteiger partial charge >= 0.3 is 11.6 Å². The highest BCUT2D eigenvalue weighted by atomic mass is 16.5. The molecule has 0 atom stereocenters. The molecule has 0 amide bonds. The number of anilines is 1. The second kappa shape index (κ2) is 8.29. The molecule has 0 unspecified atom stereocenters. The van der Waals surface area contributed by atoms with Gasteiger partial charge in [-0.3, -0.25) is 0 Å². The summed E-state index contributed by atoms with van der Waals surface area (Å²) < 4.78 is 16.2. The summed E-state index contributed by atoms with van der Waals surface area (Å²) in [4.78, 5) is 24.7. The topological polar surface area (TPSA) is 81.7 Å². The van der Waals surface area contributed by atoms with Gasteiger partial charge in [-0.15, -0.1) is 0 Å². The Hall–Kier alpha value is -3.80. The van der Waals surface area contributed by atoms with Crippen molar-refractivity contribution in [3.63, 3.8) is 0 Å². The predicted molar refractivity (Wildman–Crippen MR) is 114 cm³/mol. The lowest BCUT2D eigenvalue weighted by atomic mass is 10.0. The lowest BCUT2D eigenvalue weighted by Gasteiger charge is -2.12. The average Bonchev–Trinajstić information content (AvgIpc) is 3.25. The summed E-state index contributed by atoms with van der Waals surface area (Å²) in [6.07, 6.45) is 1.60. The summed E-state index contributed by atoms with van der Waals surface area (Å²) in [6, 6.07) is 15.9. The van der Waals surface area contributed by atoms with Crippen LogP contribution in [0.25, 0.3) is 11.0 Å². The first-order valence-electron chi connectivity index (χ1n) is 9.57. The number of aryl methyl sites for hydroxylation is 2. The summed E-state index contributed by atoms with van der Waals surface area (Å²) in [7, 11) is 0. The van der Waals surface area contributed by atoms with Crippen LogP contribution in [0.2, 0.25) is 0 Å². The molecule has 0 spiro atoms. The molecule has 152 valence electrons. The van der Waals surface area contributed by atoms with Crippen LogP contribution in [0.15, 0.2) is 74.5 Å². The maximum Gasteiger partial charge on any atom is 0.340 e. The van der Waals surface area contributed by atoms with E-state index in [9.17, 15) is 9.59 Å². The second-order valence-electron chi connectivity index (χ2n) is 7.08. The fraction of sp³-hybridized carbons (Fsp3) is 0.167. The van der Waals surface area contributed by atoms with E-state index < -0.39 is 11.6 Å². The van der Waals surface area contributed by atoms with Crippen LogP contribution in [0, 0.1) is 13.8 Å². The molecule has 4 aromatic rings. The van der Waals surface area contributed by atoms with Gasteiger partial charge in [-0.05, 0) is 61.4 Å². The highest BCUT2D eigenvalue weighted by Crippen LogP contribution is 2.23. The molecule has 4 rings (SSSR count). The minimum Gasteiger partial charge on any atom is -0.467 e. The van der Waals surface area contributed by atoms with Gasteiger partial charge in [0.15, 0.2) is 0 Å². The monoisotopic (exact) mass is 403 g/mol. The number of fused-ring (bicyclic) bond motifs is 1. The second-order valence-corrected chi connectivity index (χ2v) is 7.08. The standard InChI is InChI=1S/C24H21NO5/c1-15-10-20-17(12-23(26)30-22(20)11-16(15)2)14-29-24(27)19-7-3-4-8-21(19)25-13-18-6-5-9-28-18/h3-12,25H,13-14H2,1-2H3. The van der Waals surface area contributed by atoms with Crippen molar-refractivity contribution in [1.82, 2.24) is 0 Å². The molecule has 6 heteroatoms. The van der Waals surface area contributed by atoms with E-state index in [4.69, 9.17) is 13.6 Å². The molecule has 0 aliphatic carbocycles. The molecular weight excluding hydrogens is 382 g/mol. The zero-order chi connectivity index (χ0) is 21.1. The molecule has 0 saturated heterocycles. The fourth-order valence-electron chi connectivity index (χ4n) is 3.23. The highest BCUT2D eigenvalue weighted by molar-refractivity contribution is 5.95. The Balaban J connectivity index is 1.54. The summed E-state index contributed by atoms with van der Waals surface area (Å²) in [5, 5.41) is 3.95. The fourth-order valence-corrected chi connectivity index (χ4v) is 3.23. The van der Waals surface area contributed by atoms with Crippen LogP contribution in [0.5, 0.6) is 0 Å². The SMILES string of the molecule is Cc1cc2oc(=O)cc(COC(=O)c3ccccc3NCc3ccco3)c2cc1C. The quantitative estimate of drug-likeness (QED) is 0.361. The van der Waals surface area contributed by atoms with Crippen molar-refractivity contribution in [3.05, 3.63) is 99.3 Å². The number of furan rings is 1. The van der Waals surface area contributed by atoms with E-state index in [1.54, 1.807) is 30.5 Å². The number of hydrogen-bond acceptors (Lipinski definition) is 6. The minimum atomic E-state index is -0.484. The van der Waals surface area contributed by atoms with Gasteiger partial charge in [0.1, 0.15) is 18.0 Å². The number of rotatable bonds is 6. The molecule has 6 nitrogen and oxygen atoms in total. The molecule has 30 heavy (non-hydrogen) atoms. The third-order valence-electron chi connectivity index (χ3n) is 4.98. The number of carbonyl (C=O) groups excluding carboxylic acids is 1. The molecule has 2 heterocycles. The summed E-state index contributed by atoms with van der Waals surface area (Å²) in [5.74, 6) is 0.272. The summed E-state index contributed by atoms with van der Waals surface area (Å²) in [5.41, 5.74) is 3.76. The van der Waals surface area contributed by atoms with Crippen molar-refractivity contribution >= 4 is 22.6 Å². The zero-order valence-corrected chi connectivity index (χ0v) is 16.7. The Bertz CT molecular complexity index is 1250. The van der Waals surface area contributed by atoms with E-state index in [0.29, 0.717) is 28.9 Å². The Kier molecular flexibility index (Phi) is 5.39. The van der Waals surface area contributed by atoms with Gasteiger partial charge in [-0.25, -0.2) is 9.59 Å². The van der Waals surface area contributed by atoms with Crippen molar-refractivity contribution in [2.45, 2.75) is 27.0 Å². The van der Waals surface area contributed by atoms with Crippen LogP contribution in [0.4, 0.5) is 5.69 Å². The lowest BCUT2D eigenvalue weighted by molar-refractivity contribution is 0.0475. The normalized spacial score (nSPS) is 10.9. The number of esters is 1. The molecule has 0 aliphatic heterocycles. The van der Waals surface area contributed by atoms with Crippen LogP contribution < -0.4 is 10.9 Å². The first-order chi connectivity index (χ1) is 14.5. The number of ether oxygens (including phenoxy) is 1. The molecule has 2 aromatic heterocycles. The Morgan fingerprint density at radius 1 is 1.03 bits per heavy atom. The third-order valence-corrected chi connectivity index (χ3v) is 4.98. The first-order valence-corrected chi connectivity index (χ1v) is 9.57. The van der Waals surface area contributed by atoms with E-state index in [0.717, 1.165) is 22.3 Å². The summed E-state index contributed by atoms with van der Waals surface area (Å²) >= 11 is 0. The van der Waals surface area contributed by atoms with Crippen LogP contribution in [0.3, 0.4) is 0 Å². The molecule has 0 aliphatic rings. The van der Waals surface area contributed by atoms with Crippen molar-refractivity contribution in [3.8, 4) is 0 Å². The smallest absolute Gasteiger partial charge is 0.340 e. The number of hydrogen-bond donors (Lipinski definition) is 1. The van der Waals surface area contributed by atoms with Crippen molar-refractivity contribution in [2.75, 3.05) is 5.32 Å². The average molecular weight is 403 g/mol. The number of nitrogens with one attached hydrogen (secondary N) is 1. The molecular formula is C24H21NO5. The predicted octanol–water partition coefficient (Wildman–Crippen LogP) is 4.97. The van der Waals surface area contributed by atoms with Gasteiger partial charge in [0, 0.05) is 22.7 Å². The van der Waals surface area contributed by atoms with Crippen molar-refractivity contribution in [2.24, 2.45) is 0 Å². The molecule has 0 radical (unpaired) electrons. The molecule has 0 saturated carbocycles. The third kappa shape index (κ3) is 4.12. The Morgan fingerprint density at radius 2 is 1.83 bits per heavy atom. The van der Waals surface area contributed by atoms with Gasteiger partial charge in [0.2, 0.25) is 0 Å². The van der Waals surface area contributed by atoms with E-state index in [1.807, 2.05) is 38.1 Å². The van der Waals surface area contributed by atoms with Gasteiger partial charge in [0.05, 0.1) is 18.4 Å². The highest BCUT2D eigenvalue weighted by Gasteiger charge is 2.15. The zero-order valence-electron chi connectivity index (χ0n) is 16.7. The first kappa shape index (κ1) is 19.5. The van der Waals surface area contributed by atoms with Crippen molar-refractivity contribution < 1.29 is 18.4 Å². The minimum absolute atomic E-state index is 0.0318. The molecule has 1 N–H and O–H groups in total. The lowest BCUT2D eigenvalue weighted by Crippen LogP contribution is -2.11. The Labute approximate surface area is 173 Å². The van der Waals surface area contributed by atoms with E-state index >= 15 is 0 Å². The van der Waals surface area contributed by atoms with Crippen LogP contribution in [-0.2, 0) is 17.9 Å². The van der Waals surface area contributed by atoms with Gasteiger partial charge in [-0.2, -0.15) is 0 Å². The Morgan fingerprint density at radius 3 is 2.63 bits per heavy atom. The van der Waals surface area contributed by atoms with E-state index in [1.165, 1.54) is 6.07 Å². The maximum atomic E-state index is 12.8. The van der Waals surface area contributed by atoms with Crippen LogP contribution in [0.1, 0.15) is 32.8 Å². The van der Waals surface area contributed by atoms with Crippen molar-refractivity contribution in [1.29, 1.82) is 0 Å². The van der Waals surface area contributed by atoms with E-state index in [2.05, 4.69) is 5.32 Å². The van der Waals surface area contributed by atoms with E-state index in [-0.39, 0.29) is 6.61 Å². The number of para-hydroxylation sites is 1. The molecule has 0 fully saturated rings. The van der Waals surface area contributed by atoms with Gasteiger partial charge in [-0.1, -0.05) is 12.1 Å². The van der Waals surface area contributed by atoms with Crippen LogP contribution >= 0.6 is 0 Å². The molecule has 2 aromatic carbocycles. The maximum absolute atomic E-state index is 12.8. The van der Waals surface area contributed by atoms with Gasteiger partial charge in [0.25, 0.3) is 0 Å². The summed E-state index contributed by atoms with van der Waals surface area (Å²) in [6.45, 7) is 4.35.